The van der Waals surface area contributed by atoms with E-state index >= 15 is 0 Å². The normalized spacial score (nSPS) is 14.7. The lowest BCUT2D eigenvalue weighted by molar-refractivity contribution is -0.147. The topological polar surface area (TPSA) is 84.5 Å². The summed E-state index contributed by atoms with van der Waals surface area (Å²) in [4.78, 5) is 35.3. The fraction of sp³-hybridized carbons (Fsp3) is 0.500. The van der Waals surface area contributed by atoms with Gasteiger partial charge in [0.15, 0.2) is 6.61 Å². The monoisotopic (exact) mass is 332 g/mol. The highest BCUT2D eigenvalue weighted by molar-refractivity contribution is 5.96. The predicted molar refractivity (Wildman–Crippen MR) is 89.5 cm³/mol. The molecule has 0 saturated heterocycles. The van der Waals surface area contributed by atoms with E-state index in [1.165, 1.54) is 6.42 Å². The molecule has 1 fully saturated rings. The average molecular weight is 332 g/mol. The van der Waals surface area contributed by atoms with Crippen LogP contribution in [0.4, 0.5) is 0 Å². The number of benzene rings is 1. The van der Waals surface area contributed by atoms with E-state index < -0.39 is 5.97 Å². The molecule has 24 heavy (non-hydrogen) atoms. The van der Waals surface area contributed by atoms with E-state index in [1.54, 1.807) is 18.2 Å². The molecule has 1 aliphatic carbocycles. The number of hydrogen-bond acceptors (Lipinski definition) is 4. The van der Waals surface area contributed by atoms with Crippen LogP contribution in [0.1, 0.15) is 48.0 Å². The molecule has 6 nitrogen and oxygen atoms in total. The Bertz CT molecular complexity index is 594. The number of ether oxygens (including phenoxy) is 1. The Morgan fingerprint density at radius 3 is 2.62 bits per heavy atom. The van der Waals surface area contributed by atoms with Crippen molar-refractivity contribution in [2.24, 2.45) is 0 Å². The Morgan fingerprint density at radius 1 is 1.17 bits per heavy atom. The first-order valence-electron chi connectivity index (χ1n) is 8.34. The lowest BCUT2D eigenvalue weighted by Gasteiger charge is -2.22. The number of carbonyl (C=O) groups excluding carboxylic acids is 3. The van der Waals surface area contributed by atoms with Crippen LogP contribution in [0.15, 0.2) is 24.3 Å². The van der Waals surface area contributed by atoms with E-state index in [2.05, 4.69) is 10.6 Å². The Balaban J connectivity index is 1.65. The summed E-state index contributed by atoms with van der Waals surface area (Å²) in [7, 11) is 0. The highest BCUT2D eigenvalue weighted by atomic mass is 16.5. The van der Waals surface area contributed by atoms with Gasteiger partial charge in [-0.05, 0) is 31.9 Å². The molecular formula is C18H24N2O4. The number of aryl methyl sites for hydroxylation is 1. The highest BCUT2D eigenvalue weighted by Crippen LogP contribution is 2.17. The minimum Gasteiger partial charge on any atom is -0.454 e. The molecule has 6 heteroatoms. The standard InChI is InChI=1S/C18H24N2O4/c1-13-6-5-7-14(10-13)18(23)19-11-17(22)24-12-16(21)20-15-8-3-2-4-9-15/h5-7,10,15H,2-4,8-9,11-12H2,1H3,(H,19,23)(H,20,21). The molecule has 0 heterocycles. The molecular weight excluding hydrogens is 308 g/mol. The molecule has 2 N–H and O–H groups in total. The Kier molecular flexibility index (Phi) is 6.78. The van der Waals surface area contributed by atoms with Crippen molar-refractivity contribution in [3.63, 3.8) is 0 Å². The van der Waals surface area contributed by atoms with Crippen molar-refractivity contribution in [1.29, 1.82) is 0 Å². The van der Waals surface area contributed by atoms with Gasteiger partial charge in [-0.3, -0.25) is 14.4 Å². The van der Waals surface area contributed by atoms with Gasteiger partial charge in [-0.15, -0.1) is 0 Å². The van der Waals surface area contributed by atoms with Crippen molar-refractivity contribution in [2.75, 3.05) is 13.2 Å². The second-order valence-corrected chi connectivity index (χ2v) is 6.12. The third kappa shape index (κ3) is 6.02. The third-order valence-corrected chi connectivity index (χ3v) is 4.01. The molecule has 2 rings (SSSR count). The summed E-state index contributed by atoms with van der Waals surface area (Å²) in [6.07, 6.45) is 5.41. The zero-order chi connectivity index (χ0) is 17.4. The first-order chi connectivity index (χ1) is 11.5. The Hall–Kier alpha value is -2.37. The molecule has 0 unspecified atom stereocenters. The van der Waals surface area contributed by atoms with Gasteiger partial charge in [0.2, 0.25) is 0 Å². The molecule has 0 aromatic heterocycles. The van der Waals surface area contributed by atoms with Gasteiger partial charge in [0.25, 0.3) is 11.8 Å². The van der Waals surface area contributed by atoms with Crippen LogP contribution in [0.3, 0.4) is 0 Å². The maximum absolute atomic E-state index is 11.9. The first kappa shape index (κ1) is 18.0. The van der Waals surface area contributed by atoms with Crippen LogP contribution in [0, 0.1) is 6.92 Å². The summed E-state index contributed by atoms with van der Waals surface area (Å²) in [5.41, 5.74) is 1.45. The van der Waals surface area contributed by atoms with Crippen molar-refractivity contribution in [2.45, 2.75) is 45.1 Å². The molecule has 0 atom stereocenters. The number of amides is 2. The zero-order valence-electron chi connectivity index (χ0n) is 14.0. The maximum Gasteiger partial charge on any atom is 0.325 e. The van der Waals surface area contributed by atoms with Crippen molar-refractivity contribution in [3.05, 3.63) is 35.4 Å². The molecule has 0 spiro atoms. The van der Waals surface area contributed by atoms with Gasteiger partial charge in [0.1, 0.15) is 6.54 Å². The second-order valence-electron chi connectivity index (χ2n) is 6.12. The molecule has 1 aliphatic rings. The van der Waals surface area contributed by atoms with Crippen molar-refractivity contribution in [1.82, 2.24) is 10.6 Å². The van der Waals surface area contributed by atoms with E-state index in [4.69, 9.17) is 4.74 Å². The number of esters is 1. The fourth-order valence-corrected chi connectivity index (χ4v) is 2.75. The summed E-state index contributed by atoms with van der Waals surface area (Å²) in [5.74, 6) is -1.27. The van der Waals surface area contributed by atoms with Crippen LogP contribution >= 0.6 is 0 Å². The minimum absolute atomic E-state index is 0.186. The SMILES string of the molecule is Cc1cccc(C(=O)NCC(=O)OCC(=O)NC2CCCCC2)c1. The smallest absolute Gasteiger partial charge is 0.325 e. The molecule has 1 saturated carbocycles. The molecule has 1 aromatic carbocycles. The molecule has 0 bridgehead atoms. The van der Waals surface area contributed by atoms with Gasteiger partial charge >= 0.3 is 5.97 Å². The molecule has 2 amide bonds. The van der Waals surface area contributed by atoms with E-state index in [9.17, 15) is 14.4 Å². The molecule has 130 valence electrons. The van der Waals surface area contributed by atoms with Crippen molar-refractivity contribution < 1.29 is 19.1 Å². The lowest BCUT2D eigenvalue weighted by Crippen LogP contribution is -2.39. The first-order valence-corrected chi connectivity index (χ1v) is 8.34. The summed E-state index contributed by atoms with van der Waals surface area (Å²) in [6.45, 7) is 1.31. The van der Waals surface area contributed by atoms with Gasteiger partial charge in [-0.25, -0.2) is 0 Å². The minimum atomic E-state index is -0.630. The Morgan fingerprint density at radius 2 is 1.92 bits per heavy atom. The number of carbonyl (C=O) groups is 3. The quantitative estimate of drug-likeness (QED) is 0.777. The van der Waals surface area contributed by atoms with Gasteiger partial charge in [-0.2, -0.15) is 0 Å². The summed E-state index contributed by atoms with van der Waals surface area (Å²) >= 11 is 0. The van der Waals surface area contributed by atoms with Crippen LogP contribution in [0.25, 0.3) is 0 Å². The van der Waals surface area contributed by atoms with Crippen LogP contribution in [0.2, 0.25) is 0 Å². The van der Waals surface area contributed by atoms with Gasteiger partial charge < -0.3 is 15.4 Å². The summed E-state index contributed by atoms with van der Waals surface area (Å²) in [6, 6.07) is 7.25. The van der Waals surface area contributed by atoms with E-state index in [0.29, 0.717) is 5.56 Å². The predicted octanol–water partition coefficient (Wildman–Crippen LogP) is 1.72. The van der Waals surface area contributed by atoms with Gasteiger partial charge in [-0.1, -0.05) is 37.0 Å². The molecule has 0 aliphatic heterocycles. The fourth-order valence-electron chi connectivity index (χ4n) is 2.75. The van der Waals surface area contributed by atoms with Crippen molar-refractivity contribution >= 4 is 17.8 Å². The van der Waals surface area contributed by atoms with Crippen LogP contribution in [-0.4, -0.2) is 37.0 Å². The third-order valence-electron chi connectivity index (χ3n) is 4.01. The van der Waals surface area contributed by atoms with Crippen LogP contribution < -0.4 is 10.6 Å². The highest BCUT2D eigenvalue weighted by Gasteiger charge is 2.16. The van der Waals surface area contributed by atoms with Crippen LogP contribution in [-0.2, 0) is 14.3 Å². The number of nitrogens with one attached hydrogen (secondary N) is 2. The van der Waals surface area contributed by atoms with Gasteiger partial charge in [0, 0.05) is 11.6 Å². The number of hydrogen-bond donors (Lipinski definition) is 2. The van der Waals surface area contributed by atoms with Crippen LogP contribution in [0.5, 0.6) is 0 Å². The summed E-state index contributed by atoms with van der Waals surface area (Å²) in [5, 5.41) is 5.35. The molecule has 0 radical (unpaired) electrons. The lowest BCUT2D eigenvalue weighted by atomic mass is 9.95. The van der Waals surface area contributed by atoms with Gasteiger partial charge in [0.05, 0.1) is 0 Å². The Labute approximate surface area is 142 Å². The number of rotatable bonds is 6. The second kappa shape index (κ2) is 9.05. The largest absolute Gasteiger partial charge is 0.454 e. The van der Waals surface area contributed by atoms with E-state index in [1.807, 2.05) is 13.0 Å². The van der Waals surface area contributed by atoms with E-state index in [-0.39, 0.29) is 31.0 Å². The summed E-state index contributed by atoms with van der Waals surface area (Å²) < 4.78 is 4.89. The molecule has 1 aromatic rings. The maximum atomic E-state index is 11.9. The zero-order valence-corrected chi connectivity index (χ0v) is 14.0. The van der Waals surface area contributed by atoms with Crippen molar-refractivity contribution in [3.8, 4) is 0 Å². The van der Waals surface area contributed by atoms with E-state index in [0.717, 1.165) is 31.2 Å². The average Bonchev–Trinajstić information content (AvgIpc) is 2.58.